The van der Waals surface area contributed by atoms with Crippen molar-refractivity contribution in [3.05, 3.63) is 71.5 Å². The van der Waals surface area contributed by atoms with Crippen molar-refractivity contribution in [3.8, 4) is 6.07 Å². The largest absolute Gasteiger partial charge is 0.321 e. The highest BCUT2D eigenvalue weighted by Gasteiger charge is 2.14. The lowest BCUT2D eigenvalue weighted by Gasteiger charge is -2.05. The highest BCUT2D eigenvalue weighted by molar-refractivity contribution is 6.04. The second-order valence-corrected chi connectivity index (χ2v) is 4.83. The number of anilines is 1. The van der Waals surface area contributed by atoms with Gasteiger partial charge in [0.05, 0.1) is 11.1 Å². The van der Waals surface area contributed by atoms with E-state index in [4.69, 9.17) is 5.26 Å². The van der Waals surface area contributed by atoms with E-state index in [0.29, 0.717) is 11.3 Å². The zero-order valence-electron chi connectivity index (χ0n) is 11.5. The number of aromatic nitrogens is 1. The Morgan fingerprint density at radius 3 is 2.67 bits per heavy atom. The highest BCUT2D eigenvalue weighted by Crippen LogP contribution is 2.18. The molecule has 0 aliphatic heterocycles. The summed E-state index contributed by atoms with van der Waals surface area (Å²) >= 11 is 0. The summed E-state index contributed by atoms with van der Waals surface area (Å²) in [7, 11) is 0. The van der Waals surface area contributed by atoms with E-state index in [2.05, 4.69) is 11.4 Å². The summed E-state index contributed by atoms with van der Waals surface area (Å²) in [5, 5.41) is 12.0. The summed E-state index contributed by atoms with van der Waals surface area (Å²) in [6, 6.07) is 16.8. The molecule has 2 heterocycles. The fourth-order valence-electron chi connectivity index (χ4n) is 2.25. The van der Waals surface area contributed by atoms with Gasteiger partial charge in [-0.3, -0.25) is 4.79 Å². The standard InChI is InChI=1S/C17H13N3O/c1-12-5-7-14(8-6-12)19-17(21)16-10-13(11-18)15-4-2-3-9-20(15)16/h2-10H,1H3,(H,19,21). The van der Waals surface area contributed by atoms with Gasteiger partial charge in [0.2, 0.25) is 0 Å². The Bertz CT molecular complexity index is 854. The molecule has 4 heteroatoms. The molecule has 0 saturated carbocycles. The topological polar surface area (TPSA) is 57.3 Å². The number of pyridine rings is 1. The van der Waals surface area contributed by atoms with Crippen LogP contribution in [0.25, 0.3) is 5.52 Å². The van der Waals surface area contributed by atoms with Crippen LogP contribution in [0.3, 0.4) is 0 Å². The monoisotopic (exact) mass is 275 g/mol. The maximum atomic E-state index is 12.4. The molecule has 0 saturated heterocycles. The zero-order valence-corrected chi connectivity index (χ0v) is 11.5. The predicted molar refractivity (Wildman–Crippen MR) is 81.2 cm³/mol. The number of nitrogens with zero attached hydrogens (tertiary/aromatic N) is 2. The van der Waals surface area contributed by atoms with Gasteiger partial charge in [-0.1, -0.05) is 23.8 Å². The third-order valence-electron chi connectivity index (χ3n) is 3.34. The van der Waals surface area contributed by atoms with E-state index in [-0.39, 0.29) is 5.91 Å². The number of rotatable bonds is 2. The van der Waals surface area contributed by atoms with Crippen molar-refractivity contribution in [1.29, 1.82) is 5.26 Å². The first kappa shape index (κ1) is 12.9. The minimum Gasteiger partial charge on any atom is -0.321 e. The molecule has 0 fully saturated rings. The number of hydrogen-bond donors (Lipinski definition) is 1. The SMILES string of the molecule is Cc1ccc(NC(=O)c2cc(C#N)c3ccccn23)cc1. The maximum absolute atomic E-state index is 12.4. The first-order chi connectivity index (χ1) is 10.2. The van der Waals surface area contributed by atoms with E-state index >= 15 is 0 Å². The van der Waals surface area contributed by atoms with Gasteiger partial charge in [-0.25, -0.2) is 0 Å². The number of carbonyl (C=O) groups excluding carboxylic acids is 1. The molecule has 1 amide bonds. The van der Waals surface area contributed by atoms with E-state index in [9.17, 15) is 4.79 Å². The molecule has 1 N–H and O–H groups in total. The molecule has 0 aliphatic rings. The van der Waals surface area contributed by atoms with E-state index in [0.717, 1.165) is 16.8 Å². The van der Waals surface area contributed by atoms with Crippen molar-refractivity contribution in [1.82, 2.24) is 4.40 Å². The molecular weight excluding hydrogens is 262 g/mol. The van der Waals surface area contributed by atoms with Crippen molar-refractivity contribution in [2.24, 2.45) is 0 Å². The van der Waals surface area contributed by atoms with Gasteiger partial charge in [0, 0.05) is 11.9 Å². The second kappa shape index (κ2) is 5.14. The first-order valence-corrected chi connectivity index (χ1v) is 6.57. The Balaban J connectivity index is 1.98. The average molecular weight is 275 g/mol. The van der Waals surface area contributed by atoms with E-state index in [1.807, 2.05) is 49.4 Å². The molecule has 102 valence electrons. The summed E-state index contributed by atoms with van der Waals surface area (Å²) in [5.74, 6) is -0.235. The fraction of sp³-hybridized carbons (Fsp3) is 0.0588. The van der Waals surface area contributed by atoms with E-state index in [1.165, 1.54) is 0 Å². The van der Waals surface area contributed by atoms with Gasteiger partial charge in [0.1, 0.15) is 11.8 Å². The van der Waals surface area contributed by atoms with Crippen LogP contribution in [0, 0.1) is 18.3 Å². The Hall–Kier alpha value is -3.06. The molecule has 2 aromatic heterocycles. The summed E-state index contributed by atoms with van der Waals surface area (Å²) in [6.07, 6.45) is 1.78. The van der Waals surface area contributed by atoms with Gasteiger partial charge < -0.3 is 9.72 Å². The molecule has 1 aromatic carbocycles. The van der Waals surface area contributed by atoms with Crippen molar-refractivity contribution in [3.63, 3.8) is 0 Å². The number of fused-ring (bicyclic) bond motifs is 1. The molecular formula is C17H13N3O. The quantitative estimate of drug-likeness (QED) is 0.779. The lowest BCUT2D eigenvalue weighted by molar-refractivity contribution is 0.102. The normalized spacial score (nSPS) is 10.3. The van der Waals surface area contributed by atoms with Crippen molar-refractivity contribution in [2.45, 2.75) is 6.92 Å². The minimum atomic E-state index is -0.235. The number of nitrogens with one attached hydrogen (secondary N) is 1. The van der Waals surface area contributed by atoms with E-state index < -0.39 is 0 Å². The van der Waals surface area contributed by atoms with Crippen LogP contribution in [0.2, 0.25) is 0 Å². The van der Waals surface area contributed by atoms with E-state index in [1.54, 1.807) is 16.7 Å². The van der Waals surface area contributed by atoms with Gasteiger partial charge in [0.25, 0.3) is 5.91 Å². The summed E-state index contributed by atoms with van der Waals surface area (Å²) in [5.41, 5.74) is 3.53. The van der Waals surface area contributed by atoms with Crippen molar-refractivity contribution >= 4 is 17.1 Å². The molecule has 0 atom stereocenters. The van der Waals surface area contributed by atoms with Crippen molar-refractivity contribution < 1.29 is 4.79 Å². The molecule has 4 nitrogen and oxygen atoms in total. The number of hydrogen-bond acceptors (Lipinski definition) is 2. The van der Waals surface area contributed by atoms with Gasteiger partial charge in [-0.05, 0) is 37.3 Å². The summed E-state index contributed by atoms with van der Waals surface area (Å²) in [4.78, 5) is 12.4. The maximum Gasteiger partial charge on any atom is 0.272 e. The molecule has 0 radical (unpaired) electrons. The Morgan fingerprint density at radius 1 is 1.19 bits per heavy atom. The third kappa shape index (κ3) is 2.37. The van der Waals surface area contributed by atoms with Gasteiger partial charge in [-0.2, -0.15) is 5.26 Å². The summed E-state index contributed by atoms with van der Waals surface area (Å²) in [6.45, 7) is 1.99. The third-order valence-corrected chi connectivity index (χ3v) is 3.34. The average Bonchev–Trinajstić information content (AvgIpc) is 2.88. The number of nitriles is 1. The van der Waals surface area contributed by atoms with Crippen LogP contribution in [-0.4, -0.2) is 10.3 Å². The van der Waals surface area contributed by atoms with Crippen LogP contribution < -0.4 is 5.32 Å². The number of amides is 1. The minimum absolute atomic E-state index is 0.235. The van der Waals surface area contributed by atoms with Crippen LogP contribution in [0.1, 0.15) is 21.6 Å². The van der Waals surface area contributed by atoms with Crippen LogP contribution in [-0.2, 0) is 0 Å². The molecule has 0 unspecified atom stereocenters. The Morgan fingerprint density at radius 2 is 1.95 bits per heavy atom. The Labute approximate surface area is 122 Å². The van der Waals surface area contributed by atoms with Crippen LogP contribution >= 0.6 is 0 Å². The number of aryl methyl sites for hydroxylation is 1. The molecule has 21 heavy (non-hydrogen) atoms. The molecule has 0 spiro atoms. The number of benzene rings is 1. The number of carbonyl (C=O) groups is 1. The molecule has 0 aliphatic carbocycles. The highest BCUT2D eigenvalue weighted by atomic mass is 16.1. The van der Waals surface area contributed by atoms with Gasteiger partial charge >= 0.3 is 0 Å². The zero-order chi connectivity index (χ0) is 14.8. The lowest BCUT2D eigenvalue weighted by atomic mass is 10.2. The molecule has 3 aromatic rings. The van der Waals surface area contributed by atoms with Crippen LogP contribution in [0.5, 0.6) is 0 Å². The fourth-order valence-corrected chi connectivity index (χ4v) is 2.25. The van der Waals surface area contributed by atoms with Crippen LogP contribution in [0.4, 0.5) is 5.69 Å². The molecule has 3 rings (SSSR count). The lowest BCUT2D eigenvalue weighted by Crippen LogP contribution is -2.14. The smallest absolute Gasteiger partial charge is 0.272 e. The van der Waals surface area contributed by atoms with Crippen molar-refractivity contribution in [2.75, 3.05) is 5.32 Å². The van der Waals surface area contributed by atoms with Gasteiger partial charge in [0.15, 0.2) is 0 Å². The Kier molecular flexibility index (Phi) is 3.17. The van der Waals surface area contributed by atoms with Crippen LogP contribution in [0.15, 0.2) is 54.7 Å². The molecule has 0 bridgehead atoms. The second-order valence-electron chi connectivity index (χ2n) is 4.83. The predicted octanol–water partition coefficient (Wildman–Crippen LogP) is 3.37. The van der Waals surface area contributed by atoms with Gasteiger partial charge in [-0.15, -0.1) is 0 Å². The first-order valence-electron chi connectivity index (χ1n) is 6.57. The summed E-state index contributed by atoms with van der Waals surface area (Å²) < 4.78 is 1.72.